The van der Waals surface area contributed by atoms with Gasteiger partial charge in [0.2, 0.25) is 5.91 Å². The predicted molar refractivity (Wildman–Crippen MR) is 80.2 cm³/mol. The van der Waals surface area contributed by atoms with E-state index in [-0.39, 0.29) is 29.4 Å². The molecule has 116 valence electrons. The number of hydrogen-bond donors (Lipinski definition) is 1. The second-order valence-corrected chi connectivity index (χ2v) is 6.31. The Bertz CT molecular complexity index is 530. The summed E-state index contributed by atoms with van der Waals surface area (Å²) in [5.41, 5.74) is 0.378. The lowest BCUT2D eigenvalue weighted by Crippen LogP contribution is -2.68. The number of methoxy groups -OCH3 is 2. The van der Waals surface area contributed by atoms with E-state index in [0.717, 1.165) is 6.42 Å². The zero-order chi connectivity index (χ0) is 15.7. The van der Waals surface area contributed by atoms with Crippen LogP contribution in [-0.2, 0) is 16.0 Å². The summed E-state index contributed by atoms with van der Waals surface area (Å²) in [5, 5.41) is 3.08. The van der Waals surface area contributed by atoms with Crippen molar-refractivity contribution in [2.24, 2.45) is 5.41 Å². The van der Waals surface area contributed by atoms with Gasteiger partial charge in [-0.1, -0.05) is 13.8 Å². The van der Waals surface area contributed by atoms with Gasteiger partial charge in [0, 0.05) is 24.8 Å². The molecule has 1 heterocycles. The molecule has 0 radical (unpaired) electrons. The Morgan fingerprint density at radius 3 is 2.71 bits per heavy atom. The highest BCUT2D eigenvalue weighted by atomic mass is 16.5. The van der Waals surface area contributed by atoms with Crippen LogP contribution in [0.4, 0.5) is 0 Å². The van der Waals surface area contributed by atoms with Crippen molar-refractivity contribution in [3.05, 3.63) is 24.0 Å². The maximum absolute atomic E-state index is 12.2. The molecule has 0 unspecified atom stereocenters. The van der Waals surface area contributed by atoms with Crippen LogP contribution < -0.4 is 10.1 Å². The van der Waals surface area contributed by atoms with Gasteiger partial charge in [-0.25, -0.2) is 0 Å². The fraction of sp³-hybridized carbons (Fsp3) is 0.625. The Kier molecular flexibility index (Phi) is 4.23. The topological polar surface area (TPSA) is 60.5 Å². The lowest BCUT2D eigenvalue weighted by atomic mass is 9.56. The van der Waals surface area contributed by atoms with Crippen molar-refractivity contribution in [3.8, 4) is 5.75 Å². The molecule has 2 atom stereocenters. The monoisotopic (exact) mass is 292 g/mol. The Labute approximate surface area is 126 Å². The molecule has 0 bridgehead atoms. The molecule has 1 saturated carbocycles. The molecule has 1 amide bonds. The highest BCUT2D eigenvalue weighted by molar-refractivity contribution is 5.79. The molecule has 0 aromatic carbocycles. The van der Waals surface area contributed by atoms with E-state index in [1.807, 2.05) is 6.07 Å². The summed E-state index contributed by atoms with van der Waals surface area (Å²) in [5.74, 6) is 0.602. The van der Waals surface area contributed by atoms with Crippen molar-refractivity contribution < 1.29 is 14.3 Å². The van der Waals surface area contributed by atoms with Gasteiger partial charge in [0.05, 0.1) is 24.8 Å². The third-order valence-electron chi connectivity index (χ3n) is 5.01. The third kappa shape index (κ3) is 2.75. The zero-order valence-corrected chi connectivity index (χ0v) is 13.4. The van der Waals surface area contributed by atoms with E-state index in [9.17, 15) is 4.79 Å². The minimum Gasteiger partial charge on any atom is -0.495 e. The number of rotatable bonds is 5. The van der Waals surface area contributed by atoms with E-state index in [4.69, 9.17) is 9.47 Å². The molecule has 2 rings (SSSR count). The van der Waals surface area contributed by atoms with E-state index in [1.165, 1.54) is 0 Å². The predicted octanol–water partition coefficient (Wildman–Crippen LogP) is 1.95. The molecule has 1 fully saturated rings. The van der Waals surface area contributed by atoms with E-state index in [2.05, 4.69) is 31.1 Å². The molecule has 0 spiro atoms. The normalized spacial score (nSPS) is 26.8. The number of carbonyl (C=O) groups is 1. The van der Waals surface area contributed by atoms with Crippen molar-refractivity contribution in [2.75, 3.05) is 14.2 Å². The van der Waals surface area contributed by atoms with Gasteiger partial charge in [-0.15, -0.1) is 0 Å². The number of aromatic nitrogens is 1. The highest BCUT2D eigenvalue weighted by Gasteiger charge is 2.58. The van der Waals surface area contributed by atoms with Crippen molar-refractivity contribution in [2.45, 2.75) is 45.3 Å². The van der Waals surface area contributed by atoms with Crippen molar-refractivity contribution >= 4 is 5.91 Å². The molecule has 1 aliphatic carbocycles. The molecule has 1 aromatic rings. The lowest BCUT2D eigenvalue weighted by molar-refractivity contribution is -0.182. The third-order valence-corrected chi connectivity index (χ3v) is 5.01. The minimum atomic E-state index is -0.187. The second kappa shape index (κ2) is 5.64. The largest absolute Gasteiger partial charge is 0.495 e. The van der Waals surface area contributed by atoms with Crippen LogP contribution in [0.5, 0.6) is 5.75 Å². The molecule has 21 heavy (non-hydrogen) atoms. The number of nitrogens with zero attached hydrogens (tertiary/aromatic N) is 1. The molecule has 1 aliphatic rings. The van der Waals surface area contributed by atoms with Gasteiger partial charge in [0.15, 0.2) is 0 Å². The molecule has 5 nitrogen and oxygen atoms in total. The van der Waals surface area contributed by atoms with E-state index < -0.39 is 0 Å². The van der Waals surface area contributed by atoms with Crippen LogP contribution in [0, 0.1) is 5.41 Å². The second-order valence-electron chi connectivity index (χ2n) is 6.31. The maximum atomic E-state index is 12.2. The first-order chi connectivity index (χ1) is 9.84. The van der Waals surface area contributed by atoms with E-state index in [1.54, 1.807) is 26.5 Å². The number of pyridine rings is 1. The minimum absolute atomic E-state index is 0.0387. The molecular weight excluding hydrogens is 268 g/mol. The Hall–Kier alpha value is -1.62. The molecule has 0 saturated heterocycles. The van der Waals surface area contributed by atoms with Crippen LogP contribution in [0.2, 0.25) is 0 Å². The average Bonchev–Trinajstić information content (AvgIpc) is 2.47. The van der Waals surface area contributed by atoms with Gasteiger partial charge in [-0.2, -0.15) is 0 Å². The number of carbonyl (C=O) groups excluding carboxylic acids is 1. The Balaban J connectivity index is 1.98. The molecule has 5 heteroatoms. The van der Waals surface area contributed by atoms with Crippen molar-refractivity contribution in [1.29, 1.82) is 0 Å². The van der Waals surface area contributed by atoms with E-state index >= 15 is 0 Å². The number of ether oxygens (including phenoxy) is 2. The average molecular weight is 292 g/mol. The summed E-state index contributed by atoms with van der Waals surface area (Å²) >= 11 is 0. The van der Waals surface area contributed by atoms with Crippen LogP contribution >= 0.6 is 0 Å². The van der Waals surface area contributed by atoms with Gasteiger partial charge in [0.25, 0.3) is 0 Å². The Morgan fingerprint density at radius 2 is 2.14 bits per heavy atom. The van der Waals surface area contributed by atoms with Gasteiger partial charge in [0.1, 0.15) is 5.75 Å². The lowest BCUT2D eigenvalue weighted by Gasteiger charge is -2.59. The summed E-state index contributed by atoms with van der Waals surface area (Å²) in [6.07, 6.45) is 2.71. The maximum Gasteiger partial charge on any atom is 0.226 e. The van der Waals surface area contributed by atoms with Crippen molar-refractivity contribution in [3.63, 3.8) is 0 Å². The van der Waals surface area contributed by atoms with Crippen LogP contribution in [0.3, 0.4) is 0 Å². The van der Waals surface area contributed by atoms with E-state index in [0.29, 0.717) is 11.4 Å². The molecule has 0 aliphatic heterocycles. The summed E-state index contributed by atoms with van der Waals surface area (Å²) in [6, 6.07) is 3.72. The fourth-order valence-corrected chi connectivity index (χ4v) is 2.86. The smallest absolute Gasteiger partial charge is 0.226 e. The SMILES string of the molecule is COc1cccnc1CC(=O)N[C@@H]1C[C@](C)(OC)C1(C)C. The van der Waals surface area contributed by atoms with Crippen LogP contribution in [-0.4, -0.2) is 36.8 Å². The van der Waals surface area contributed by atoms with Gasteiger partial charge >= 0.3 is 0 Å². The van der Waals surface area contributed by atoms with Crippen molar-refractivity contribution in [1.82, 2.24) is 10.3 Å². The standard InChI is InChI=1S/C16H24N2O3/c1-15(2)13(10-16(15,3)21-5)18-14(19)9-11-12(20-4)7-6-8-17-11/h6-8,13H,9-10H2,1-5H3,(H,18,19)/t13-,16+/m1/s1. The first-order valence-corrected chi connectivity index (χ1v) is 7.16. The summed E-state index contributed by atoms with van der Waals surface area (Å²) in [6.45, 7) is 6.32. The highest BCUT2D eigenvalue weighted by Crippen LogP contribution is 2.51. The van der Waals surface area contributed by atoms with Crippen LogP contribution in [0.1, 0.15) is 32.9 Å². The van der Waals surface area contributed by atoms with Crippen LogP contribution in [0.25, 0.3) is 0 Å². The molecular formula is C16H24N2O3. The van der Waals surface area contributed by atoms with Gasteiger partial charge < -0.3 is 14.8 Å². The molecule has 1 aromatic heterocycles. The number of nitrogens with one attached hydrogen (secondary N) is 1. The zero-order valence-electron chi connectivity index (χ0n) is 13.4. The van der Waals surface area contributed by atoms with Gasteiger partial charge in [-0.3, -0.25) is 9.78 Å². The van der Waals surface area contributed by atoms with Crippen LogP contribution in [0.15, 0.2) is 18.3 Å². The molecule has 1 N–H and O–H groups in total. The number of hydrogen-bond acceptors (Lipinski definition) is 4. The summed E-state index contributed by atoms with van der Waals surface area (Å²) in [4.78, 5) is 16.4. The summed E-state index contributed by atoms with van der Waals surface area (Å²) in [7, 11) is 3.30. The number of amides is 1. The fourth-order valence-electron chi connectivity index (χ4n) is 2.86. The Morgan fingerprint density at radius 1 is 1.43 bits per heavy atom. The quantitative estimate of drug-likeness (QED) is 0.901. The van der Waals surface area contributed by atoms with Gasteiger partial charge in [-0.05, 0) is 25.5 Å². The summed E-state index contributed by atoms with van der Waals surface area (Å²) < 4.78 is 10.8. The first kappa shape index (κ1) is 15.8. The first-order valence-electron chi connectivity index (χ1n) is 7.16.